The molecule has 3 nitrogen and oxygen atoms in total. The minimum Gasteiger partial charge on any atom is -0.330 e. The van der Waals surface area contributed by atoms with E-state index in [0.717, 1.165) is 37.1 Å². The molecule has 0 saturated carbocycles. The number of anilines is 1. The maximum atomic E-state index is 11.2. The van der Waals surface area contributed by atoms with Gasteiger partial charge in [-0.15, -0.1) is 0 Å². The van der Waals surface area contributed by atoms with Crippen molar-refractivity contribution < 1.29 is 4.79 Å². The Labute approximate surface area is 100.0 Å². The highest BCUT2D eigenvalue weighted by atomic mass is 35.5. The fourth-order valence-electron chi connectivity index (χ4n) is 1.98. The third-order valence-corrected chi connectivity index (χ3v) is 3.06. The van der Waals surface area contributed by atoms with Crippen LogP contribution in [0.3, 0.4) is 0 Å². The average Bonchev–Trinajstić information content (AvgIpc) is 2.60. The largest absolute Gasteiger partial charge is 0.330 e. The molecule has 1 aliphatic rings. The average molecular weight is 239 g/mol. The van der Waals surface area contributed by atoms with Gasteiger partial charge in [0.25, 0.3) is 0 Å². The highest BCUT2D eigenvalue weighted by molar-refractivity contribution is 6.34. The number of hydrogen-bond acceptors (Lipinski definition) is 2. The molecule has 1 amide bonds. The van der Waals surface area contributed by atoms with Crippen LogP contribution in [0.4, 0.5) is 5.69 Å². The summed E-state index contributed by atoms with van der Waals surface area (Å²) in [6.45, 7) is 0.721. The molecule has 0 spiro atoms. The lowest BCUT2D eigenvalue weighted by Crippen LogP contribution is -2.03. The van der Waals surface area contributed by atoms with Gasteiger partial charge in [-0.05, 0) is 43.0 Å². The highest BCUT2D eigenvalue weighted by Gasteiger charge is 2.20. The van der Waals surface area contributed by atoms with Crippen molar-refractivity contribution in [3.63, 3.8) is 0 Å². The van der Waals surface area contributed by atoms with Crippen molar-refractivity contribution in [1.29, 1.82) is 0 Å². The Balaban J connectivity index is 2.15. The molecule has 4 heteroatoms. The van der Waals surface area contributed by atoms with Gasteiger partial charge in [-0.2, -0.15) is 0 Å². The monoisotopic (exact) mass is 238 g/mol. The van der Waals surface area contributed by atoms with Gasteiger partial charge >= 0.3 is 0 Å². The molecule has 86 valence electrons. The van der Waals surface area contributed by atoms with Crippen LogP contribution < -0.4 is 11.1 Å². The maximum absolute atomic E-state index is 11.2. The van der Waals surface area contributed by atoms with Crippen LogP contribution in [-0.2, 0) is 17.6 Å². The minimum absolute atomic E-state index is 0.0241. The van der Waals surface area contributed by atoms with Gasteiger partial charge in [0.15, 0.2) is 0 Å². The molecule has 0 bridgehead atoms. The van der Waals surface area contributed by atoms with Crippen molar-refractivity contribution in [2.75, 3.05) is 11.9 Å². The van der Waals surface area contributed by atoms with Crippen molar-refractivity contribution in [1.82, 2.24) is 0 Å². The van der Waals surface area contributed by atoms with E-state index in [1.54, 1.807) is 0 Å². The van der Waals surface area contributed by atoms with Gasteiger partial charge < -0.3 is 11.1 Å². The maximum Gasteiger partial charge on any atom is 0.228 e. The first-order chi connectivity index (χ1) is 7.70. The lowest BCUT2D eigenvalue weighted by molar-refractivity contribution is -0.115. The number of hydrogen-bond donors (Lipinski definition) is 2. The van der Waals surface area contributed by atoms with Crippen LogP contribution in [0, 0.1) is 0 Å². The molecule has 0 fully saturated rings. The fraction of sp³-hybridized carbons (Fsp3) is 0.417. The second kappa shape index (κ2) is 4.85. The Hall–Kier alpha value is -1.06. The normalized spacial score (nSPS) is 13.8. The summed E-state index contributed by atoms with van der Waals surface area (Å²) in [5, 5.41) is 3.41. The summed E-state index contributed by atoms with van der Waals surface area (Å²) in [6.07, 6.45) is 3.50. The molecular weight excluding hydrogens is 224 g/mol. The molecule has 0 aromatic heterocycles. The standard InChI is InChI=1S/C12H15ClN2O/c13-10-6-8(3-1-2-4-14)5-9-7-11(16)15-12(9)10/h5-6H,1-4,7,14H2,(H,15,16). The smallest absolute Gasteiger partial charge is 0.228 e. The molecule has 3 N–H and O–H groups in total. The second-order valence-corrected chi connectivity index (χ2v) is 4.49. The van der Waals surface area contributed by atoms with E-state index in [9.17, 15) is 4.79 Å². The van der Waals surface area contributed by atoms with Crippen LogP contribution in [0.2, 0.25) is 5.02 Å². The van der Waals surface area contributed by atoms with Gasteiger partial charge in [0.05, 0.1) is 17.1 Å². The number of aryl methyl sites for hydroxylation is 1. The van der Waals surface area contributed by atoms with Crippen molar-refractivity contribution in [2.24, 2.45) is 5.73 Å². The molecule has 1 heterocycles. The van der Waals surface area contributed by atoms with Gasteiger partial charge in [-0.3, -0.25) is 4.79 Å². The van der Waals surface area contributed by atoms with Crippen molar-refractivity contribution in [3.8, 4) is 0 Å². The van der Waals surface area contributed by atoms with E-state index in [1.807, 2.05) is 6.07 Å². The minimum atomic E-state index is 0.0241. The van der Waals surface area contributed by atoms with Crippen molar-refractivity contribution in [2.45, 2.75) is 25.7 Å². The van der Waals surface area contributed by atoms with Gasteiger partial charge in [-0.1, -0.05) is 17.7 Å². The molecule has 0 unspecified atom stereocenters. The van der Waals surface area contributed by atoms with E-state index >= 15 is 0 Å². The Morgan fingerprint density at radius 3 is 2.94 bits per heavy atom. The number of amides is 1. The number of nitrogens with one attached hydrogen (secondary N) is 1. The Kier molecular flexibility index (Phi) is 3.46. The number of carbonyl (C=O) groups is 1. The van der Waals surface area contributed by atoms with Gasteiger partial charge in [-0.25, -0.2) is 0 Å². The van der Waals surface area contributed by atoms with Gasteiger partial charge in [0.2, 0.25) is 5.91 Å². The highest BCUT2D eigenvalue weighted by Crippen LogP contribution is 2.32. The van der Waals surface area contributed by atoms with Crippen LogP contribution in [0.15, 0.2) is 12.1 Å². The molecular formula is C12H15ClN2O. The Morgan fingerprint density at radius 1 is 1.38 bits per heavy atom. The van der Waals surface area contributed by atoms with Crippen LogP contribution in [-0.4, -0.2) is 12.5 Å². The second-order valence-electron chi connectivity index (χ2n) is 4.08. The lowest BCUT2D eigenvalue weighted by Gasteiger charge is -2.06. The first kappa shape index (κ1) is 11.4. The number of benzene rings is 1. The van der Waals surface area contributed by atoms with E-state index in [0.29, 0.717) is 11.4 Å². The number of unbranched alkanes of at least 4 members (excludes halogenated alkanes) is 1. The number of fused-ring (bicyclic) bond motifs is 1. The van der Waals surface area contributed by atoms with E-state index in [-0.39, 0.29) is 5.91 Å². The van der Waals surface area contributed by atoms with Crippen molar-refractivity contribution >= 4 is 23.2 Å². The molecule has 0 aliphatic carbocycles. The summed E-state index contributed by atoms with van der Waals surface area (Å²) in [4.78, 5) is 11.2. The number of halogens is 1. The Morgan fingerprint density at radius 2 is 2.19 bits per heavy atom. The predicted molar refractivity (Wildman–Crippen MR) is 65.8 cm³/mol. The summed E-state index contributed by atoms with van der Waals surface area (Å²) in [7, 11) is 0. The zero-order valence-electron chi connectivity index (χ0n) is 9.05. The zero-order chi connectivity index (χ0) is 11.5. The molecule has 2 rings (SSSR count). The number of rotatable bonds is 4. The third kappa shape index (κ3) is 2.36. The molecule has 1 aliphatic heterocycles. The summed E-state index contributed by atoms with van der Waals surface area (Å²) in [5.74, 6) is 0.0241. The van der Waals surface area contributed by atoms with E-state index in [1.165, 1.54) is 5.56 Å². The molecule has 1 aromatic rings. The van der Waals surface area contributed by atoms with Crippen LogP contribution in [0.5, 0.6) is 0 Å². The topological polar surface area (TPSA) is 55.1 Å². The van der Waals surface area contributed by atoms with Crippen molar-refractivity contribution in [3.05, 3.63) is 28.3 Å². The number of carbonyl (C=O) groups excluding carboxylic acids is 1. The summed E-state index contributed by atoms with van der Waals surface area (Å²) < 4.78 is 0. The summed E-state index contributed by atoms with van der Waals surface area (Å²) in [5.41, 5.74) is 8.44. The van der Waals surface area contributed by atoms with Gasteiger partial charge in [0.1, 0.15) is 0 Å². The van der Waals surface area contributed by atoms with Crippen LogP contribution in [0.1, 0.15) is 24.0 Å². The Bertz CT molecular complexity index is 418. The fourth-order valence-corrected chi connectivity index (χ4v) is 2.29. The summed E-state index contributed by atoms with van der Waals surface area (Å²) >= 11 is 6.11. The van der Waals surface area contributed by atoms with Crippen LogP contribution in [0.25, 0.3) is 0 Å². The quantitative estimate of drug-likeness (QED) is 0.790. The lowest BCUT2D eigenvalue weighted by atomic mass is 10.0. The number of nitrogens with two attached hydrogens (primary N) is 1. The SMILES string of the molecule is NCCCCc1cc(Cl)c2c(c1)CC(=O)N2. The molecule has 0 saturated heterocycles. The van der Waals surface area contributed by atoms with E-state index in [4.69, 9.17) is 17.3 Å². The van der Waals surface area contributed by atoms with E-state index < -0.39 is 0 Å². The van der Waals surface area contributed by atoms with E-state index in [2.05, 4.69) is 11.4 Å². The van der Waals surface area contributed by atoms with Gasteiger partial charge in [0, 0.05) is 0 Å². The molecule has 16 heavy (non-hydrogen) atoms. The molecule has 0 atom stereocenters. The zero-order valence-corrected chi connectivity index (χ0v) is 9.81. The first-order valence-corrected chi connectivity index (χ1v) is 5.89. The predicted octanol–water partition coefficient (Wildman–Crippen LogP) is 2.12. The molecule has 1 aromatic carbocycles. The molecule has 0 radical (unpaired) electrons. The third-order valence-electron chi connectivity index (χ3n) is 2.77. The first-order valence-electron chi connectivity index (χ1n) is 5.52. The van der Waals surface area contributed by atoms with Crippen LogP contribution >= 0.6 is 11.6 Å². The summed E-state index contributed by atoms with van der Waals surface area (Å²) in [6, 6.07) is 4.00.